The summed E-state index contributed by atoms with van der Waals surface area (Å²) < 4.78 is 12.5. The lowest BCUT2D eigenvalue weighted by Crippen LogP contribution is -2.10. The van der Waals surface area contributed by atoms with E-state index in [1.807, 2.05) is 24.3 Å². The van der Waals surface area contributed by atoms with Crippen LogP contribution in [0.3, 0.4) is 0 Å². The van der Waals surface area contributed by atoms with Gasteiger partial charge in [0.1, 0.15) is 22.3 Å². The van der Waals surface area contributed by atoms with Crippen molar-refractivity contribution < 1.29 is 8.83 Å². The van der Waals surface area contributed by atoms with Crippen LogP contribution in [0, 0.1) is 0 Å². The summed E-state index contributed by atoms with van der Waals surface area (Å²) in [7, 11) is 0. The quantitative estimate of drug-likeness (QED) is 0.153. The molecule has 12 rings (SSSR count). The van der Waals surface area contributed by atoms with Crippen LogP contribution >= 0.6 is 0 Å². The van der Waals surface area contributed by atoms with Crippen LogP contribution in [-0.2, 0) is 0 Å². The van der Waals surface area contributed by atoms with E-state index in [4.69, 9.17) is 8.83 Å². The molecular formula is C60H39NO2. The Morgan fingerprint density at radius 1 is 0.222 bits per heavy atom. The Balaban J connectivity index is 1.01. The van der Waals surface area contributed by atoms with Gasteiger partial charge < -0.3 is 13.7 Å². The van der Waals surface area contributed by atoms with Gasteiger partial charge in [-0.25, -0.2) is 0 Å². The molecule has 3 nitrogen and oxygen atoms in total. The van der Waals surface area contributed by atoms with Crippen molar-refractivity contribution >= 4 is 60.9 Å². The normalized spacial score (nSPS) is 11.5. The Labute approximate surface area is 365 Å². The predicted molar refractivity (Wildman–Crippen MR) is 263 cm³/mol. The minimum atomic E-state index is 0.879. The Morgan fingerprint density at radius 3 is 1.22 bits per heavy atom. The monoisotopic (exact) mass is 805 g/mol. The first kappa shape index (κ1) is 36.5. The van der Waals surface area contributed by atoms with Crippen LogP contribution in [0.15, 0.2) is 245 Å². The van der Waals surface area contributed by atoms with Gasteiger partial charge in [0, 0.05) is 38.6 Å². The zero-order valence-electron chi connectivity index (χ0n) is 34.3. The molecule has 0 aliphatic carbocycles. The SMILES string of the molecule is c1ccc(-c2ccc(N(c3ccc(-c4ccccc4)cc3)c3cccc(-c4ccc(-c5ccc6oc7ccccc7c6c5)cc4-c4ccc5oc6ccccc6c5c4)c3)cc2)cc1. The molecule has 63 heavy (non-hydrogen) atoms. The van der Waals surface area contributed by atoms with Crippen LogP contribution in [0.25, 0.3) is 99.5 Å². The summed E-state index contributed by atoms with van der Waals surface area (Å²) in [5.74, 6) is 0. The molecule has 2 aromatic heterocycles. The molecule has 0 bridgehead atoms. The summed E-state index contributed by atoms with van der Waals surface area (Å²) in [6.07, 6.45) is 0. The summed E-state index contributed by atoms with van der Waals surface area (Å²) in [4.78, 5) is 2.36. The Morgan fingerprint density at radius 2 is 0.635 bits per heavy atom. The van der Waals surface area contributed by atoms with Crippen molar-refractivity contribution in [2.45, 2.75) is 0 Å². The lowest BCUT2D eigenvalue weighted by Gasteiger charge is -2.27. The number of hydrogen-bond donors (Lipinski definition) is 0. The van der Waals surface area contributed by atoms with Crippen molar-refractivity contribution in [1.82, 2.24) is 0 Å². The second-order valence-corrected chi connectivity index (χ2v) is 16.1. The van der Waals surface area contributed by atoms with Crippen LogP contribution in [0.5, 0.6) is 0 Å². The van der Waals surface area contributed by atoms with Crippen molar-refractivity contribution in [1.29, 1.82) is 0 Å². The van der Waals surface area contributed by atoms with E-state index in [9.17, 15) is 0 Å². The fourth-order valence-corrected chi connectivity index (χ4v) is 9.14. The number of anilines is 3. The lowest BCUT2D eigenvalue weighted by atomic mass is 9.90. The van der Waals surface area contributed by atoms with Gasteiger partial charge >= 0.3 is 0 Å². The van der Waals surface area contributed by atoms with E-state index < -0.39 is 0 Å². The molecule has 12 aromatic rings. The smallest absolute Gasteiger partial charge is 0.135 e. The molecule has 296 valence electrons. The Bertz CT molecular complexity index is 3520. The van der Waals surface area contributed by atoms with E-state index >= 15 is 0 Å². The molecular weight excluding hydrogens is 767 g/mol. The molecule has 2 heterocycles. The van der Waals surface area contributed by atoms with Gasteiger partial charge in [-0.3, -0.25) is 0 Å². The third-order valence-corrected chi connectivity index (χ3v) is 12.3. The number of fused-ring (bicyclic) bond motifs is 6. The van der Waals surface area contributed by atoms with Crippen molar-refractivity contribution in [2.75, 3.05) is 4.90 Å². The highest BCUT2D eigenvalue weighted by molar-refractivity contribution is 6.08. The zero-order chi connectivity index (χ0) is 41.7. The minimum absolute atomic E-state index is 0.879. The molecule has 0 radical (unpaired) electrons. The molecule has 0 aliphatic rings. The fourth-order valence-electron chi connectivity index (χ4n) is 9.14. The standard InChI is InChI=1S/C60H39NO2/c1-3-12-40(13-4-1)42-22-29-48(30-23-42)61(49-31-24-43(25-32-49)41-14-5-2-6-15-41)50-17-11-16-46(36-50)51-33-26-44(45-27-34-59-55(38-45)52-18-7-9-20-57(52)62-59)37-54(51)47-28-35-60-56(39-47)53-19-8-10-21-58(53)63-60/h1-39H. The summed E-state index contributed by atoms with van der Waals surface area (Å²) in [6, 6.07) is 84.4. The predicted octanol–water partition coefficient (Wildman–Crippen LogP) is 17.3. The highest BCUT2D eigenvalue weighted by Gasteiger charge is 2.18. The maximum Gasteiger partial charge on any atom is 0.135 e. The molecule has 0 amide bonds. The van der Waals surface area contributed by atoms with E-state index in [2.05, 4.69) is 217 Å². The van der Waals surface area contributed by atoms with Crippen molar-refractivity contribution in [3.8, 4) is 55.6 Å². The molecule has 0 saturated carbocycles. The van der Waals surface area contributed by atoms with Crippen LogP contribution in [0.2, 0.25) is 0 Å². The fraction of sp³-hybridized carbons (Fsp3) is 0. The van der Waals surface area contributed by atoms with Crippen LogP contribution in [0.4, 0.5) is 17.1 Å². The maximum absolute atomic E-state index is 6.30. The Hall–Kier alpha value is -8.40. The highest BCUT2D eigenvalue weighted by Crippen LogP contribution is 2.43. The first-order chi connectivity index (χ1) is 31.2. The first-order valence-electron chi connectivity index (χ1n) is 21.4. The molecule has 0 atom stereocenters. The summed E-state index contributed by atoms with van der Waals surface area (Å²) in [5, 5.41) is 4.44. The maximum atomic E-state index is 6.30. The summed E-state index contributed by atoms with van der Waals surface area (Å²) in [5.41, 5.74) is 18.3. The second kappa shape index (κ2) is 15.3. The molecule has 0 fully saturated rings. The third kappa shape index (κ3) is 6.64. The average Bonchev–Trinajstić information content (AvgIpc) is 3.93. The Kier molecular flexibility index (Phi) is 8.83. The average molecular weight is 806 g/mol. The van der Waals surface area contributed by atoms with E-state index in [1.165, 1.54) is 22.3 Å². The van der Waals surface area contributed by atoms with Crippen molar-refractivity contribution in [2.24, 2.45) is 0 Å². The molecule has 0 spiro atoms. The van der Waals surface area contributed by atoms with Crippen LogP contribution in [-0.4, -0.2) is 0 Å². The van der Waals surface area contributed by atoms with Gasteiger partial charge in [0.2, 0.25) is 0 Å². The summed E-state index contributed by atoms with van der Waals surface area (Å²) in [6.45, 7) is 0. The zero-order valence-corrected chi connectivity index (χ0v) is 34.3. The van der Waals surface area contributed by atoms with Crippen molar-refractivity contribution in [3.63, 3.8) is 0 Å². The number of nitrogens with zero attached hydrogens (tertiary/aromatic N) is 1. The summed E-state index contributed by atoms with van der Waals surface area (Å²) >= 11 is 0. The van der Waals surface area contributed by atoms with Crippen LogP contribution < -0.4 is 4.90 Å². The van der Waals surface area contributed by atoms with Gasteiger partial charge in [0.15, 0.2) is 0 Å². The van der Waals surface area contributed by atoms with E-state index in [0.29, 0.717) is 0 Å². The molecule has 0 aliphatic heterocycles. The van der Waals surface area contributed by atoms with Crippen LogP contribution in [0.1, 0.15) is 0 Å². The van der Waals surface area contributed by atoms with E-state index in [1.54, 1.807) is 0 Å². The first-order valence-corrected chi connectivity index (χ1v) is 21.4. The van der Waals surface area contributed by atoms with Gasteiger partial charge in [-0.2, -0.15) is 0 Å². The second-order valence-electron chi connectivity index (χ2n) is 16.1. The van der Waals surface area contributed by atoms with Gasteiger partial charge in [-0.05, 0) is 134 Å². The molecule has 0 N–H and O–H groups in total. The molecule has 0 unspecified atom stereocenters. The van der Waals surface area contributed by atoms with Gasteiger partial charge in [0.25, 0.3) is 0 Å². The number of benzene rings is 10. The number of hydrogen-bond acceptors (Lipinski definition) is 3. The van der Waals surface area contributed by atoms with Gasteiger partial charge in [-0.15, -0.1) is 0 Å². The van der Waals surface area contributed by atoms with Gasteiger partial charge in [-0.1, -0.05) is 158 Å². The van der Waals surface area contributed by atoms with E-state index in [0.717, 1.165) is 94.3 Å². The largest absolute Gasteiger partial charge is 0.456 e. The number of para-hydroxylation sites is 2. The molecule has 10 aromatic carbocycles. The third-order valence-electron chi connectivity index (χ3n) is 12.3. The number of rotatable bonds is 8. The highest BCUT2D eigenvalue weighted by atomic mass is 16.3. The lowest BCUT2D eigenvalue weighted by molar-refractivity contribution is 0.668. The van der Waals surface area contributed by atoms with Gasteiger partial charge in [0.05, 0.1) is 0 Å². The molecule has 3 heteroatoms. The van der Waals surface area contributed by atoms with Crippen molar-refractivity contribution in [3.05, 3.63) is 237 Å². The number of furan rings is 2. The molecule has 0 saturated heterocycles. The van der Waals surface area contributed by atoms with E-state index in [-0.39, 0.29) is 0 Å². The topological polar surface area (TPSA) is 29.5 Å². The minimum Gasteiger partial charge on any atom is -0.456 e.